The lowest BCUT2D eigenvalue weighted by atomic mass is 10.2. The number of benzene rings is 1. The molecule has 4 nitrogen and oxygen atoms in total. The molecule has 0 bridgehead atoms. The molecule has 0 amide bonds. The van der Waals surface area contributed by atoms with Gasteiger partial charge in [-0.05, 0) is 18.2 Å². The molecular formula is C7H7ClN2O2S2. The van der Waals surface area contributed by atoms with Crippen LogP contribution >= 0.6 is 23.8 Å². The van der Waals surface area contributed by atoms with Crippen molar-refractivity contribution in [3.05, 3.63) is 28.8 Å². The van der Waals surface area contributed by atoms with Crippen LogP contribution < -0.4 is 10.9 Å². The van der Waals surface area contributed by atoms with Gasteiger partial charge in [-0.3, -0.25) is 0 Å². The van der Waals surface area contributed by atoms with E-state index in [0.717, 1.165) is 0 Å². The third-order valence-corrected chi connectivity index (χ3v) is 2.98. The van der Waals surface area contributed by atoms with Gasteiger partial charge in [0.05, 0.1) is 9.92 Å². The molecule has 0 unspecified atom stereocenters. The van der Waals surface area contributed by atoms with Crippen molar-refractivity contribution in [1.82, 2.24) is 0 Å². The Balaban J connectivity index is 3.34. The summed E-state index contributed by atoms with van der Waals surface area (Å²) in [6.45, 7) is 0. The van der Waals surface area contributed by atoms with Crippen LogP contribution in [0.1, 0.15) is 5.56 Å². The maximum atomic E-state index is 10.9. The molecule has 0 aliphatic rings. The van der Waals surface area contributed by atoms with Crippen LogP contribution in [-0.2, 0) is 10.0 Å². The molecule has 0 fully saturated rings. The van der Waals surface area contributed by atoms with Gasteiger partial charge in [0.1, 0.15) is 4.99 Å². The lowest BCUT2D eigenvalue weighted by Crippen LogP contribution is -2.14. The topological polar surface area (TPSA) is 86.2 Å². The van der Waals surface area contributed by atoms with Crippen LogP contribution in [0.15, 0.2) is 23.1 Å². The SMILES string of the molecule is NC(=S)c1ccc(S(N)(=O)=O)cc1Cl. The average Bonchev–Trinajstić information content (AvgIpc) is 2.01. The molecule has 0 aromatic heterocycles. The summed E-state index contributed by atoms with van der Waals surface area (Å²) in [5, 5.41) is 5.07. The minimum Gasteiger partial charge on any atom is -0.389 e. The molecule has 7 heteroatoms. The van der Waals surface area contributed by atoms with E-state index in [1.54, 1.807) is 0 Å². The van der Waals surface area contributed by atoms with E-state index in [9.17, 15) is 8.42 Å². The van der Waals surface area contributed by atoms with E-state index >= 15 is 0 Å². The highest BCUT2D eigenvalue weighted by molar-refractivity contribution is 7.89. The molecule has 76 valence electrons. The molecule has 14 heavy (non-hydrogen) atoms. The summed E-state index contributed by atoms with van der Waals surface area (Å²) in [7, 11) is -3.74. The molecule has 0 radical (unpaired) electrons. The molecule has 0 saturated carbocycles. The smallest absolute Gasteiger partial charge is 0.238 e. The second-order valence-corrected chi connectivity index (χ2v) is 4.96. The van der Waals surface area contributed by atoms with Gasteiger partial charge in [0.2, 0.25) is 10.0 Å². The Hall–Kier alpha value is -0.690. The van der Waals surface area contributed by atoms with Crippen molar-refractivity contribution >= 4 is 38.8 Å². The van der Waals surface area contributed by atoms with Crippen LogP contribution in [0.3, 0.4) is 0 Å². The summed E-state index contributed by atoms with van der Waals surface area (Å²) >= 11 is 10.4. The Kier molecular flexibility index (Phi) is 3.10. The Morgan fingerprint density at radius 3 is 2.36 bits per heavy atom. The number of hydrogen-bond donors (Lipinski definition) is 2. The third kappa shape index (κ3) is 2.42. The first-order valence-corrected chi connectivity index (χ1v) is 5.78. The summed E-state index contributed by atoms with van der Waals surface area (Å²) in [5.41, 5.74) is 5.77. The van der Waals surface area contributed by atoms with E-state index in [4.69, 9.17) is 34.7 Å². The van der Waals surface area contributed by atoms with E-state index in [-0.39, 0.29) is 14.9 Å². The van der Waals surface area contributed by atoms with Gasteiger partial charge < -0.3 is 5.73 Å². The van der Waals surface area contributed by atoms with E-state index < -0.39 is 10.0 Å². The van der Waals surface area contributed by atoms with Gasteiger partial charge in [-0.25, -0.2) is 13.6 Å². The van der Waals surface area contributed by atoms with Crippen LogP contribution in [0, 0.1) is 0 Å². The summed E-state index contributed by atoms with van der Waals surface area (Å²) in [6, 6.07) is 3.94. The predicted molar refractivity (Wildman–Crippen MR) is 58.7 cm³/mol. The second-order valence-electron chi connectivity index (χ2n) is 2.55. The van der Waals surface area contributed by atoms with Gasteiger partial charge >= 0.3 is 0 Å². The van der Waals surface area contributed by atoms with Crippen LogP contribution in [-0.4, -0.2) is 13.4 Å². The lowest BCUT2D eigenvalue weighted by molar-refractivity contribution is 0.598. The fraction of sp³-hybridized carbons (Fsp3) is 0. The van der Waals surface area contributed by atoms with Crippen molar-refractivity contribution in [2.24, 2.45) is 10.9 Å². The zero-order valence-corrected chi connectivity index (χ0v) is 9.29. The van der Waals surface area contributed by atoms with Crippen molar-refractivity contribution in [2.45, 2.75) is 4.90 Å². The van der Waals surface area contributed by atoms with Gasteiger partial charge in [-0.2, -0.15) is 0 Å². The molecule has 0 heterocycles. The summed E-state index contributed by atoms with van der Waals surface area (Å²) < 4.78 is 21.8. The standard InChI is InChI=1S/C7H7ClN2O2S2/c8-6-3-4(14(10,11)12)1-2-5(6)7(9)13/h1-3H,(H2,9,13)(H2,10,11,12). The highest BCUT2D eigenvalue weighted by Gasteiger charge is 2.11. The van der Waals surface area contributed by atoms with Crippen molar-refractivity contribution in [1.29, 1.82) is 0 Å². The molecule has 0 aliphatic heterocycles. The fourth-order valence-corrected chi connectivity index (χ4v) is 1.99. The monoisotopic (exact) mass is 250 g/mol. The Bertz CT molecular complexity index is 484. The second kappa shape index (κ2) is 3.82. The van der Waals surface area contributed by atoms with Gasteiger partial charge in [0.25, 0.3) is 0 Å². The summed E-state index contributed by atoms with van der Waals surface area (Å²) in [4.78, 5) is 0.0402. The van der Waals surface area contributed by atoms with Crippen molar-refractivity contribution in [3.8, 4) is 0 Å². The highest BCUT2D eigenvalue weighted by Crippen LogP contribution is 2.19. The largest absolute Gasteiger partial charge is 0.389 e. The van der Waals surface area contributed by atoms with Crippen LogP contribution in [0.25, 0.3) is 0 Å². The molecule has 4 N–H and O–H groups in total. The van der Waals surface area contributed by atoms with E-state index in [1.165, 1.54) is 18.2 Å². The summed E-state index contributed by atoms with van der Waals surface area (Å²) in [5.74, 6) is 0. The fourth-order valence-electron chi connectivity index (χ4n) is 0.873. The first-order chi connectivity index (χ1) is 6.32. The first kappa shape index (κ1) is 11.4. The number of nitrogens with two attached hydrogens (primary N) is 2. The van der Waals surface area contributed by atoms with Crippen LogP contribution in [0.2, 0.25) is 5.02 Å². The highest BCUT2D eigenvalue weighted by atomic mass is 35.5. The number of sulfonamides is 1. The Morgan fingerprint density at radius 1 is 1.43 bits per heavy atom. The maximum Gasteiger partial charge on any atom is 0.238 e. The molecule has 0 aliphatic carbocycles. The average molecular weight is 251 g/mol. The van der Waals surface area contributed by atoms with Gasteiger partial charge in [-0.1, -0.05) is 23.8 Å². The molecule has 0 spiro atoms. The van der Waals surface area contributed by atoms with E-state index in [1.807, 2.05) is 0 Å². The number of rotatable bonds is 2. The molecular weight excluding hydrogens is 244 g/mol. The number of thiocarbonyl (C=S) groups is 1. The van der Waals surface area contributed by atoms with E-state index in [0.29, 0.717) is 5.56 Å². The van der Waals surface area contributed by atoms with Gasteiger partial charge in [-0.15, -0.1) is 0 Å². The van der Waals surface area contributed by atoms with Crippen LogP contribution in [0.5, 0.6) is 0 Å². The molecule has 1 rings (SSSR count). The van der Waals surface area contributed by atoms with Crippen molar-refractivity contribution in [2.75, 3.05) is 0 Å². The van der Waals surface area contributed by atoms with Gasteiger partial charge in [0, 0.05) is 5.56 Å². The van der Waals surface area contributed by atoms with Crippen LogP contribution in [0.4, 0.5) is 0 Å². The lowest BCUT2D eigenvalue weighted by Gasteiger charge is -2.03. The number of hydrogen-bond acceptors (Lipinski definition) is 3. The predicted octanol–water partition coefficient (Wildman–Crippen LogP) is 0.622. The Labute approximate surface area is 91.9 Å². The minimum absolute atomic E-state index is 0.0671. The van der Waals surface area contributed by atoms with E-state index in [2.05, 4.69) is 0 Å². The third-order valence-electron chi connectivity index (χ3n) is 1.53. The summed E-state index contributed by atoms with van der Waals surface area (Å²) in [6.07, 6.45) is 0. The first-order valence-electron chi connectivity index (χ1n) is 3.44. The molecule has 1 aromatic carbocycles. The normalized spacial score (nSPS) is 11.3. The number of primary sulfonamides is 1. The minimum atomic E-state index is -3.74. The zero-order chi connectivity index (χ0) is 10.9. The quantitative estimate of drug-likeness (QED) is 0.754. The number of halogens is 1. The Morgan fingerprint density at radius 2 is 2.00 bits per heavy atom. The molecule has 0 saturated heterocycles. The zero-order valence-electron chi connectivity index (χ0n) is 6.90. The van der Waals surface area contributed by atoms with Crippen molar-refractivity contribution in [3.63, 3.8) is 0 Å². The van der Waals surface area contributed by atoms with Gasteiger partial charge in [0.15, 0.2) is 0 Å². The molecule has 0 atom stereocenters. The maximum absolute atomic E-state index is 10.9. The molecule has 1 aromatic rings. The van der Waals surface area contributed by atoms with Crippen molar-refractivity contribution < 1.29 is 8.42 Å².